The third-order valence-corrected chi connectivity index (χ3v) is 4.45. The summed E-state index contributed by atoms with van der Waals surface area (Å²) < 4.78 is 2.84. The van der Waals surface area contributed by atoms with Crippen LogP contribution in [0, 0.1) is 0 Å². The number of carbonyl (C=O) groups excluding carboxylic acids is 1. The first-order chi connectivity index (χ1) is 11.5. The number of rotatable bonds is 4. The van der Waals surface area contributed by atoms with Crippen molar-refractivity contribution >= 4 is 45.2 Å². The molecule has 0 saturated heterocycles. The molecule has 2 aromatic heterocycles. The molecule has 6 heteroatoms. The lowest BCUT2D eigenvalue weighted by atomic mass is 10.1. The standard InChI is InChI=1S/C18H15BrClN3O/c1-12(13-5-7-14(19)8-6-13)21-17(24)10-9-15-18(20)22-16-4-2-3-11-23(15)16/h2-12H,1H3,(H,21,24)/b10-9+/t12-/m0/s1. The van der Waals surface area contributed by atoms with Crippen molar-refractivity contribution in [2.24, 2.45) is 0 Å². The predicted octanol–water partition coefficient (Wildman–Crippen LogP) is 4.64. The second-order valence-corrected chi connectivity index (χ2v) is 6.61. The van der Waals surface area contributed by atoms with Gasteiger partial charge in [-0.3, -0.25) is 9.20 Å². The maximum absolute atomic E-state index is 12.2. The highest BCUT2D eigenvalue weighted by Gasteiger charge is 2.09. The molecule has 0 bridgehead atoms. The van der Waals surface area contributed by atoms with E-state index in [2.05, 4.69) is 26.2 Å². The van der Waals surface area contributed by atoms with Crippen molar-refractivity contribution in [3.05, 3.63) is 75.6 Å². The van der Waals surface area contributed by atoms with Gasteiger partial charge in [-0.05, 0) is 42.8 Å². The number of pyridine rings is 1. The fourth-order valence-corrected chi connectivity index (χ4v) is 2.89. The number of nitrogens with zero attached hydrogens (tertiary/aromatic N) is 2. The van der Waals surface area contributed by atoms with Crippen molar-refractivity contribution < 1.29 is 4.79 Å². The van der Waals surface area contributed by atoms with Gasteiger partial charge >= 0.3 is 0 Å². The molecule has 1 N–H and O–H groups in total. The molecule has 1 atom stereocenters. The van der Waals surface area contributed by atoms with Gasteiger partial charge < -0.3 is 5.32 Å². The number of aromatic nitrogens is 2. The smallest absolute Gasteiger partial charge is 0.244 e. The lowest BCUT2D eigenvalue weighted by molar-refractivity contribution is -0.117. The van der Waals surface area contributed by atoms with Crippen LogP contribution in [-0.4, -0.2) is 15.3 Å². The largest absolute Gasteiger partial charge is 0.346 e. The molecule has 24 heavy (non-hydrogen) atoms. The number of carbonyl (C=O) groups is 1. The minimum Gasteiger partial charge on any atom is -0.346 e. The van der Waals surface area contributed by atoms with Crippen molar-refractivity contribution in [1.29, 1.82) is 0 Å². The summed E-state index contributed by atoms with van der Waals surface area (Å²) in [5.74, 6) is -0.188. The van der Waals surface area contributed by atoms with Gasteiger partial charge in [-0.1, -0.05) is 45.7 Å². The van der Waals surface area contributed by atoms with E-state index in [1.165, 1.54) is 6.08 Å². The molecule has 3 rings (SSSR count). The molecule has 0 aliphatic carbocycles. The van der Waals surface area contributed by atoms with E-state index in [4.69, 9.17) is 11.6 Å². The van der Waals surface area contributed by atoms with Gasteiger partial charge in [0.25, 0.3) is 0 Å². The number of imidazole rings is 1. The first kappa shape index (κ1) is 16.7. The highest BCUT2D eigenvalue weighted by Crippen LogP contribution is 2.19. The normalized spacial score (nSPS) is 12.6. The molecule has 3 aromatic rings. The first-order valence-corrected chi connectivity index (χ1v) is 8.58. The number of hydrogen-bond donors (Lipinski definition) is 1. The Kier molecular flexibility index (Phi) is 5.02. The van der Waals surface area contributed by atoms with Crippen LogP contribution < -0.4 is 5.32 Å². The van der Waals surface area contributed by atoms with Gasteiger partial charge in [0.15, 0.2) is 5.15 Å². The Morgan fingerprint density at radius 2 is 2.04 bits per heavy atom. The van der Waals surface area contributed by atoms with Crippen molar-refractivity contribution in [3.63, 3.8) is 0 Å². The van der Waals surface area contributed by atoms with Crippen LogP contribution in [0.2, 0.25) is 5.15 Å². The Labute approximate surface area is 153 Å². The summed E-state index contributed by atoms with van der Waals surface area (Å²) in [4.78, 5) is 16.4. The van der Waals surface area contributed by atoms with E-state index >= 15 is 0 Å². The Morgan fingerprint density at radius 1 is 1.29 bits per heavy atom. The van der Waals surface area contributed by atoms with Crippen LogP contribution in [0.3, 0.4) is 0 Å². The van der Waals surface area contributed by atoms with Gasteiger partial charge in [-0.15, -0.1) is 0 Å². The molecule has 0 fully saturated rings. The predicted molar refractivity (Wildman–Crippen MR) is 99.9 cm³/mol. The molecule has 122 valence electrons. The average Bonchev–Trinajstić information content (AvgIpc) is 2.88. The number of hydrogen-bond acceptors (Lipinski definition) is 2. The molecule has 0 aliphatic rings. The van der Waals surface area contributed by atoms with Crippen LogP contribution in [0.1, 0.15) is 24.2 Å². The fourth-order valence-electron chi connectivity index (χ4n) is 2.39. The SMILES string of the molecule is C[C@H](NC(=O)/C=C/c1c(Cl)nc2ccccn12)c1ccc(Br)cc1. The topological polar surface area (TPSA) is 46.4 Å². The molecule has 0 unspecified atom stereocenters. The van der Waals surface area contributed by atoms with Crippen molar-refractivity contribution in [1.82, 2.24) is 14.7 Å². The van der Waals surface area contributed by atoms with E-state index < -0.39 is 0 Å². The van der Waals surface area contributed by atoms with Crippen LogP contribution in [-0.2, 0) is 4.79 Å². The third kappa shape index (κ3) is 3.68. The number of halogens is 2. The molecule has 1 aromatic carbocycles. The summed E-state index contributed by atoms with van der Waals surface area (Å²) in [5, 5.41) is 3.30. The second-order valence-electron chi connectivity index (χ2n) is 5.33. The minimum absolute atomic E-state index is 0.0899. The van der Waals surface area contributed by atoms with Gasteiger partial charge in [0.05, 0.1) is 11.7 Å². The summed E-state index contributed by atoms with van der Waals surface area (Å²) in [6, 6.07) is 13.4. The summed E-state index contributed by atoms with van der Waals surface area (Å²) in [6.45, 7) is 1.94. The molecule has 0 radical (unpaired) electrons. The van der Waals surface area contributed by atoms with Crippen LogP contribution in [0.25, 0.3) is 11.7 Å². The van der Waals surface area contributed by atoms with E-state index in [1.54, 1.807) is 6.08 Å². The molecular formula is C18H15BrClN3O. The molecule has 0 spiro atoms. The monoisotopic (exact) mass is 403 g/mol. The Balaban J connectivity index is 1.73. The van der Waals surface area contributed by atoms with Gasteiger partial charge in [-0.25, -0.2) is 4.98 Å². The highest BCUT2D eigenvalue weighted by molar-refractivity contribution is 9.10. The van der Waals surface area contributed by atoms with E-state index in [9.17, 15) is 4.79 Å². The molecule has 4 nitrogen and oxygen atoms in total. The van der Waals surface area contributed by atoms with Crippen LogP contribution in [0.5, 0.6) is 0 Å². The summed E-state index contributed by atoms with van der Waals surface area (Å²) in [5.41, 5.74) is 2.46. The zero-order chi connectivity index (χ0) is 17.1. The van der Waals surface area contributed by atoms with Gasteiger partial charge in [-0.2, -0.15) is 0 Å². The fraction of sp³-hybridized carbons (Fsp3) is 0.111. The quantitative estimate of drug-likeness (QED) is 0.644. The number of benzene rings is 1. The molecule has 0 aliphatic heterocycles. The number of amides is 1. The third-order valence-electron chi connectivity index (χ3n) is 3.64. The van der Waals surface area contributed by atoms with Crippen molar-refractivity contribution in [2.45, 2.75) is 13.0 Å². The Hall–Kier alpha value is -2.11. The van der Waals surface area contributed by atoms with Crippen LogP contribution in [0.15, 0.2) is 59.2 Å². The maximum atomic E-state index is 12.2. The molecule has 2 heterocycles. The van der Waals surface area contributed by atoms with E-state index in [1.807, 2.05) is 60.0 Å². The van der Waals surface area contributed by atoms with Gasteiger partial charge in [0.1, 0.15) is 5.65 Å². The average molecular weight is 405 g/mol. The molecule has 0 saturated carbocycles. The lowest BCUT2D eigenvalue weighted by Crippen LogP contribution is -2.24. The Bertz CT molecular complexity index is 902. The zero-order valence-corrected chi connectivity index (χ0v) is 15.3. The highest BCUT2D eigenvalue weighted by atomic mass is 79.9. The van der Waals surface area contributed by atoms with Crippen molar-refractivity contribution in [2.75, 3.05) is 0 Å². The maximum Gasteiger partial charge on any atom is 0.244 e. The molecular weight excluding hydrogens is 390 g/mol. The van der Waals surface area contributed by atoms with E-state index in [0.717, 1.165) is 15.7 Å². The van der Waals surface area contributed by atoms with E-state index in [0.29, 0.717) is 10.8 Å². The second kappa shape index (κ2) is 7.20. The lowest BCUT2D eigenvalue weighted by Gasteiger charge is -2.12. The van der Waals surface area contributed by atoms with Crippen LogP contribution >= 0.6 is 27.5 Å². The summed E-state index contributed by atoms with van der Waals surface area (Å²) >= 11 is 9.55. The van der Waals surface area contributed by atoms with Crippen molar-refractivity contribution in [3.8, 4) is 0 Å². The Morgan fingerprint density at radius 3 is 2.79 bits per heavy atom. The van der Waals surface area contributed by atoms with Crippen LogP contribution in [0.4, 0.5) is 0 Å². The zero-order valence-electron chi connectivity index (χ0n) is 12.9. The molecule has 1 amide bonds. The number of nitrogens with one attached hydrogen (secondary N) is 1. The minimum atomic E-state index is -0.188. The van der Waals surface area contributed by atoms with Gasteiger partial charge in [0, 0.05) is 16.7 Å². The number of fused-ring (bicyclic) bond motifs is 1. The summed E-state index contributed by atoms with van der Waals surface area (Å²) in [7, 11) is 0. The first-order valence-electron chi connectivity index (χ1n) is 7.41. The summed E-state index contributed by atoms with van der Waals surface area (Å²) in [6.07, 6.45) is 5.00. The van der Waals surface area contributed by atoms with Gasteiger partial charge in [0.2, 0.25) is 5.91 Å². The van der Waals surface area contributed by atoms with E-state index in [-0.39, 0.29) is 11.9 Å².